The molecule has 23 heavy (non-hydrogen) atoms. The fourth-order valence-electron chi connectivity index (χ4n) is 2.88. The first-order chi connectivity index (χ1) is 11.0. The Morgan fingerprint density at radius 1 is 1.39 bits per heavy atom. The third-order valence-corrected chi connectivity index (χ3v) is 4.19. The van der Waals surface area contributed by atoms with Gasteiger partial charge in [-0.15, -0.1) is 0 Å². The second-order valence-electron chi connectivity index (χ2n) is 5.89. The molecule has 8 heteroatoms. The van der Waals surface area contributed by atoms with Crippen molar-refractivity contribution in [3.63, 3.8) is 0 Å². The van der Waals surface area contributed by atoms with Gasteiger partial charge in [-0.05, 0) is 25.0 Å². The van der Waals surface area contributed by atoms with Crippen LogP contribution in [0, 0.1) is 10.1 Å². The number of nitro groups is 1. The molecule has 122 valence electrons. The monoisotopic (exact) mass is 318 g/mol. The topological polar surface area (TPSA) is 105 Å². The SMILES string of the molecule is CNC(=O)c1ccc(NC2CC(=O)N(C3CC3)C2)c([N+](=O)[O-])c1. The van der Waals surface area contributed by atoms with E-state index in [1.54, 1.807) is 0 Å². The molecular weight excluding hydrogens is 300 g/mol. The van der Waals surface area contributed by atoms with Crippen LogP contribution in [0.5, 0.6) is 0 Å². The average molecular weight is 318 g/mol. The molecule has 1 saturated carbocycles. The normalized spacial score (nSPS) is 20.5. The summed E-state index contributed by atoms with van der Waals surface area (Å²) in [5, 5.41) is 16.8. The molecule has 2 fully saturated rings. The molecule has 3 rings (SSSR count). The molecule has 2 N–H and O–H groups in total. The smallest absolute Gasteiger partial charge is 0.293 e. The Balaban J connectivity index is 1.78. The number of rotatable bonds is 5. The second kappa shape index (κ2) is 5.86. The lowest BCUT2D eigenvalue weighted by Crippen LogP contribution is -2.29. The number of likely N-dealkylation sites (tertiary alicyclic amines) is 1. The third-order valence-electron chi connectivity index (χ3n) is 4.19. The molecule has 1 atom stereocenters. The van der Waals surface area contributed by atoms with Gasteiger partial charge in [-0.3, -0.25) is 19.7 Å². The van der Waals surface area contributed by atoms with Crippen molar-refractivity contribution in [2.45, 2.75) is 31.3 Å². The minimum Gasteiger partial charge on any atom is -0.374 e. The molecule has 1 saturated heterocycles. The van der Waals surface area contributed by atoms with E-state index < -0.39 is 4.92 Å². The highest BCUT2D eigenvalue weighted by Crippen LogP contribution is 2.33. The molecule has 1 aromatic rings. The van der Waals surface area contributed by atoms with Crippen LogP contribution in [0.1, 0.15) is 29.6 Å². The number of carbonyl (C=O) groups excluding carboxylic acids is 2. The van der Waals surface area contributed by atoms with Crippen molar-refractivity contribution in [1.29, 1.82) is 0 Å². The summed E-state index contributed by atoms with van der Waals surface area (Å²) < 4.78 is 0. The Bertz CT molecular complexity index is 671. The predicted molar refractivity (Wildman–Crippen MR) is 83.2 cm³/mol. The Hall–Kier alpha value is -2.64. The number of nitrogens with one attached hydrogen (secondary N) is 2. The molecule has 1 unspecified atom stereocenters. The van der Waals surface area contributed by atoms with Crippen LogP contribution in [0.2, 0.25) is 0 Å². The van der Waals surface area contributed by atoms with Crippen LogP contribution in [-0.2, 0) is 4.79 Å². The maximum Gasteiger partial charge on any atom is 0.293 e. The molecule has 0 bridgehead atoms. The Morgan fingerprint density at radius 3 is 2.74 bits per heavy atom. The standard InChI is InChI=1S/C15H18N4O4/c1-16-15(21)9-2-5-12(13(6-9)19(22)23)17-10-7-14(20)18(8-10)11-3-4-11/h2,5-6,10-11,17H,3-4,7-8H2,1H3,(H,16,21). The highest BCUT2D eigenvalue weighted by Gasteiger charge is 2.39. The molecule has 8 nitrogen and oxygen atoms in total. The molecule has 1 aliphatic carbocycles. The van der Waals surface area contributed by atoms with Gasteiger partial charge >= 0.3 is 0 Å². The zero-order valence-corrected chi connectivity index (χ0v) is 12.7. The van der Waals surface area contributed by atoms with E-state index in [9.17, 15) is 19.7 Å². The maximum absolute atomic E-state index is 12.0. The van der Waals surface area contributed by atoms with Crippen LogP contribution in [0.25, 0.3) is 0 Å². The lowest BCUT2D eigenvalue weighted by atomic mass is 10.1. The number of carbonyl (C=O) groups is 2. The summed E-state index contributed by atoms with van der Waals surface area (Å²) in [6.45, 7) is 0.567. The minimum absolute atomic E-state index is 0.0923. The fraction of sp³-hybridized carbons (Fsp3) is 0.467. The number of hydrogen-bond donors (Lipinski definition) is 2. The van der Waals surface area contributed by atoms with E-state index in [4.69, 9.17) is 0 Å². The van der Waals surface area contributed by atoms with Crippen LogP contribution < -0.4 is 10.6 Å². The summed E-state index contributed by atoms with van der Waals surface area (Å²) in [5.41, 5.74) is 0.397. The van der Waals surface area contributed by atoms with E-state index >= 15 is 0 Å². The van der Waals surface area contributed by atoms with Crippen molar-refractivity contribution >= 4 is 23.2 Å². The van der Waals surface area contributed by atoms with Gasteiger partial charge in [0.2, 0.25) is 5.91 Å². The number of hydrogen-bond acceptors (Lipinski definition) is 5. The average Bonchev–Trinajstić information content (AvgIpc) is 3.30. The predicted octanol–water partition coefficient (Wildman–Crippen LogP) is 1.13. The molecule has 1 aliphatic heterocycles. The van der Waals surface area contributed by atoms with E-state index in [1.165, 1.54) is 25.2 Å². The summed E-state index contributed by atoms with van der Waals surface area (Å²) >= 11 is 0. The van der Waals surface area contributed by atoms with E-state index in [1.807, 2.05) is 4.90 Å². The van der Waals surface area contributed by atoms with Crippen molar-refractivity contribution < 1.29 is 14.5 Å². The lowest BCUT2D eigenvalue weighted by molar-refractivity contribution is -0.384. The second-order valence-corrected chi connectivity index (χ2v) is 5.89. The highest BCUT2D eigenvalue weighted by atomic mass is 16.6. The van der Waals surface area contributed by atoms with E-state index in [-0.39, 0.29) is 29.1 Å². The first-order valence-corrected chi connectivity index (χ1v) is 7.56. The maximum atomic E-state index is 12.0. The molecular formula is C15H18N4O4. The van der Waals surface area contributed by atoms with Gasteiger partial charge in [-0.2, -0.15) is 0 Å². The summed E-state index contributed by atoms with van der Waals surface area (Å²) in [5.74, 6) is -0.287. The number of nitro benzene ring substituents is 1. The van der Waals surface area contributed by atoms with Crippen molar-refractivity contribution in [3.8, 4) is 0 Å². The van der Waals surface area contributed by atoms with Gasteiger partial charge in [0.25, 0.3) is 11.6 Å². The molecule has 1 heterocycles. The summed E-state index contributed by atoms with van der Waals surface area (Å²) in [4.78, 5) is 36.2. The summed E-state index contributed by atoms with van der Waals surface area (Å²) in [6.07, 6.45) is 2.42. The Kier molecular flexibility index (Phi) is 3.89. The third kappa shape index (κ3) is 3.10. The zero-order chi connectivity index (χ0) is 16.6. The summed E-state index contributed by atoms with van der Waals surface area (Å²) in [6, 6.07) is 4.50. The van der Waals surface area contributed by atoms with Crippen LogP contribution in [0.15, 0.2) is 18.2 Å². The highest BCUT2D eigenvalue weighted by molar-refractivity contribution is 5.95. The first-order valence-electron chi connectivity index (χ1n) is 7.56. The van der Waals surface area contributed by atoms with E-state index in [0.717, 1.165) is 12.8 Å². The molecule has 1 aromatic carbocycles. The lowest BCUT2D eigenvalue weighted by Gasteiger charge is -2.17. The van der Waals surface area contributed by atoms with Crippen molar-refractivity contribution in [2.75, 3.05) is 18.9 Å². The van der Waals surface area contributed by atoms with Crippen molar-refractivity contribution in [2.24, 2.45) is 0 Å². The van der Waals surface area contributed by atoms with Gasteiger partial charge in [0, 0.05) is 37.7 Å². The fourth-order valence-corrected chi connectivity index (χ4v) is 2.88. The number of nitrogens with zero attached hydrogens (tertiary/aromatic N) is 2. The number of benzene rings is 1. The van der Waals surface area contributed by atoms with Crippen LogP contribution in [0.4, 0.5) is 11.4 Å². The first kappa shape index (κ1) is 15.3. The molecule has 2 aliphatic rings. The minimum atomic E-state index is -0.524. The van der Waals surface area contributed by atoms with Gasteiger partial charge in [-0.1, -0.05) is 0 Å². The van der Waals surface area contributed by atoms with E-state index in [2.05, 4.69) is 10.6 Å². The van der Waals surface area contributed by atoms with Gasteiger partial charge < -0.3 is 15.5 Å². The largest absolute Gasteiger partial charge is 0.374 e. The quantitative estimate of drug-likeness (QED) is 0.625. The van der Waals surface area contributed by atoms with Gasteiger partial charge in [-0.25, -0.2) is 0 Å². The molecule has 0 spiro atoms. The number of anilines is 1. The summed E-state index contributed by atoms with van der Waals surface area (Å²) in [7, 11) is 1.47. The Labute approximate surface area is 133 Å². The molecule has 0 radical (unpaired) electrons. The number of amides is 2. The van der Waals surface area contributed by atoms with Crippen LogP contribution in [-0.4, -0.2) is 47.3 Å². The molecule has 2 amide bonds. The van der Waals surface area contributed by atoms with Crippen molar-refractivity contribution in [1.82, 2.24) is 10.2 Å². The molecule has 0 aromatic heterocycles. The van der Waals surface area contributed by atoms with Gasteiger partial charge in [0.15, 0.2) is 0 Å². The van der Waals surface area contributed by atoms with Crippen LogP contribution in [0.3, 0.4) is 0 Å². The van der Waals surface area contributed by atoms with Gasteiger partial charge in [0.05, 0.1) is 11.0 Å². The van der Waals surface area contributed by atoms with Gasteiger partial charge in [0.1, 0.15) is 5.69 Å². The Morgan fingerprint density at radius 2 is 2.13 bits per heavy atom. The zero-order valence-electron chi connectivity index (χ0n) is 12.7. The van der Waals surface area contributed by atoms with E-state index in [0.29, 0.717) is 24.7 Å². The van der Waals surface area contributed by atoms with Crippen molar-refractivity contribution in [3.05, 3.63) is 33.9 Å². The van der Waals surface area contributed by atoms with Crippen LogP contribution >= 0.6 is 0 Å².